The number of halogens is 1. The fraction of sp³-hybridized carbons (Fsp3) is 0.286. The molecule has 114 valence electrons. The van der Waals surface area contributed by atoms with Crippen LogP contribution in [-0.2, 0) is 16.4 Å². The van der Waals surface area contributed by atoms with Crippen molar-refractivity contribution in [2.45, 2.75) is 17.6 Å². The lowest BCUT2D eigenvalue weighted by Gasteiger charge is -2.09. The molecule has 0 amide bonds. The monoisotopic (exact) mass is 388 g/mol. The van der Waals surface area contributed by atoms with Crippen LogP contribution >= 0.6 is 27.3 Å². The molecule has 7 heteroatoms. The van der Waals surface area contributed by atoms with Crippen molar-refractivity contribution in [1.29, 1.82) is 0 Å². The molecule has 0 aliphatic heterocycles. The number of nitrogens with one attached hydrogen (secondary N) is 2. The number of anilines is 1. The second-order valence-corrected chi connectivity index (χ2v) is 8.63. The number of benzene rings is 1. The minimum absolute atomic E-state index is 0.343. The van der Waals surface area contributed by atoms with Crippen LogP contribution in [0.2, 0.25) is 0 Å². The van der Waals surface area contributed by atoms with E-state index < -0.39 is 10.0 Å². The molecule has 0 saturated carbocycles. The third kappa shape index (κ3) is 4.29. The van der Waals surface area contributed by atoms with Crippen LogP contribution in [0.1, 0.15) is 10.4 Å². The van der Waals surface area contributed by atoms with Gasteiger partial charge < -0.3 is 5.32 Å². The Morgan fingerprint density at radius 2 is 2.00 bits per heavy atom. The summed E-state index contributed by atoms with van der Waals surface area (Å²) in [5.74, 6) is 0. The number of thiophene rings is 1. The Morgan fingerprint density at radius 3 is 2.67 bits per heavy atom. The van der Waals surface area contributed by atoms with Gasteiger partial charge in [-0.15, -0.1) is 11.3 Å². The number of aryl methyl sites for hydroxylation is 1. The number of rotatable bonds is 6. The molecule has 0 radical (unpaired) electrons. The Hall–Kier alpha value is -0.890. The van der Waals surface area contributed by atoms with Crippen LogP contribution in [0.15, 0.2) is 39.0 Å². The largest absolute Gasteiger partial charge is 0.319 e. The topological polar surface area (TPSA) is 58.2 Å². The van der Waals surface area contributed by atoms with Crippen LogP contribution in [-0.4, -0.2) is 22.0 Å². The van der Waals surface area contributed by atoms with Crippen molar-refractivity contribution in [2.75, 3.05) is 18.3 Å². The number of hydrogen-bond acceptors (Lipinski definition) is 4. The molecule has 0 fully saturated rings. The van der Waals surface area contributed by atoms with Gasteiger partial charge in [0.1, 0.15) is 4.21 Å². The molecular formula is C14H17BrN2O2S2. The van der Waals surface area contributed by atoms with E-state index in [1.54, 1.807) is 12.1 Å². The van der Waals surface area contributed by atoms with Crippen molar-refractivity contribution in [2.24, 2.45) is 0 Å². The lowest BCUT2D eigenvalue weighted by atomic mass is 10.2. The summed E-state index contributed by atoms with van der Waals surface area (Å²) < 4.78 is 28.7. The highest BCUT2D eigenvalue weighted by atomic mass is 79.9. The van der Waals surface area contributed by atoms with E-state index in [2.05, 4.69) is 26.0 Å². The molecule has 21 heavy (non-hydrogen) atoms. The summed E-state index contributed by atoms with van der Waals surface area (Å²) in [6.45, 7) is 2.70. The second kappa shape index (κ2) is 6.91. The predicted molar refractivity (Wildman–Crippen MR) is 91.6 cm³/mol. The van der Waals surface area contributed by atoms with Gasteiger partial charge in [0.05, 0.1) is 5.69 Å². The molecule has 1 heterocycles. The average molecular weight is 389 g/mol. The molecule has 4 nitrogen and oxygen atoms in total. The smallest absolute Gasteiger partial charge is 0.271 e. The van der Waals surface area contributed by atoms with Crippen molar-refractivity contribution in [3.8, 4) is 0 Å². The molecule has 0 atom stereocenters. The minimum atomic E-state index is -3.52. The van der Waals surface area contributed by atoms with Crippen molar-refractivity contribution < 1.29 is 8.42 Å². The van der Waals surface area contributed by atoms with Gasteiger partial charge in [-0.2, -0.15) is 0 Å². The Morgan fingerprint density at radius 1 is 1.24 bits per heavy atom. The van der Waals surface area contributed by atoms with Gasteiger partial charge in [-0.3, -0.25) is 4.72 Å². The van der Waals surface area contributed by atoms with Crippen LogP contribution in [0.5, 0.6) is 0 Å². The highest BCUT2D eigenvalue weighted by molar-refractivity contribution is 9.10. The normalized spacial score (nSPS) is 11.6. The Labute approximate surface area is 137 Å². The summed E-state index contributed by atoms with van der Waals surface area (Å²) >= 11 is 4.68. The summed E-state index contributed by atoms with van der Waals surface area (Å²) in [5, 5.41) is 3.05. The zero-order chi connectivity index (χ0) is 15.5. The molecule has 0 aliphatic carbocycles. The summed E-state index contributed by atoms with van der Waals surface area (Å²) in [6.07, 6.45) is 0.827. The van der Waals surface area contributed by atoms with Gasteiger partial charge in [0, 0.05) is 9.35 Å². The molecule has 2 rings (SSSR count). The molecule has 2 aromatic rings. The molecular weight excluding hydrogens is 372 g/mol. The molecule has 0 unspecified atom stereocenters. The average Bonchev–Trinajstić information content (AvgIpc) is 2.89. The quantitative estimate of drug-likeness (QED) is 0.797. The summed E-state index contributed by atoms with van der Waals surface area (Å²) in [5.41, 5.74) is 1.48. The first-order valence-electron chi connectivity index (χ1n) is 6.44. The van der Waals surface area contributed by atoms with Crippen molar-refractivity contribution >= 4 is 43.0 Å². The zero-order valence-corrected chi connectivity index (χ0v) is 15.0. The molecule has 1 aromatic carbocycles. The maximum absolute atomic E-state index is 12.4. The van der Waals surface area contributed by atoms with E-state index in [1.165, 1.54) is 11.3 Å². The number of sulfonamides is 1. The van der Waals surface area contributed by atoms with E-state index in [0.29, 0.717) is 9.90 Å². The van der Waals surface area contributed by atoms with Gasteiger partial charge in [0.15, 0.2) is 0 Å². The van der Waals surface area contributed by atoms with Gasteiger partial charge in [-0.25, -0.2) is 8.42 Å². The maximum Gasteiger partial charge on any atom is 0.271 e. The molecule has 0 saturated heterocycles. The lowest BCUT2D eigenvalue weighted by Crippen LogP contribution is -2.12. The van der Waals surface area contributed by atoms with E-state index in [1.807, 2.05) is 32.2 Å². The van der Waals surface area contributed by atoms with E-state index in [0.717, 1.165) is 27.9 Å². The molecule has 0 aliphatic rings. The molecule has 2 N–H and O–H groups in total. The number of likely N-dealkylation sites (N-methyl/N-ethyl adjacent to an activating group) is 1. The fourth-order valence-corrected chi connectivity index (χ4v) is 4.78. The highest BCUT2D eigenvalue weighted by Crippen LogP contribution is 2.26. The summed E-state index contributed by atoms with van der Waals surface area (Å²) in [7, 11) is -1.64. The highest BCUT2D eigenvalue weighted by Gasteiger charge is 2.17. The van der Waals surface area contributed by atoms with Crippen LogP contribution in [0.3, 0.4) is 0 Å². The Kier molecular flexibility index (Phi) is 5.43. The SMILES string of the molecule is CNCCc1ccc(S(=O)(=O)Nc2ccc(Br)cc2C)s1. The minimum Gasteiger partial charge on any atom is -0.319 e. The van der Waals surface area contributed by atoms with E-state index in [9.17, 15) is 8.42 Å². The summed E-state index contributed by atoms with van der Waals surface area (Å²) in [4.78, 5) is 1.05. The first-order chi connectivity index (χ1) is 9.92. The molecule has 0 bridgehead atoms. The first kappa shape index (κ1) is 16.5. The van der Waals surface area contributed by atoms with Gasteiger partial charge in [-0.05, 0) is 62.8 Å². The van der Waals surface area contributed by atoms with Crippen molar-refractivity contribution in [3.63, 3.8) is 0 Å². The Bertz CT molecular complexity index is 726. The predicted octanol–water partition coefficient (Wildman–Crippen LogP) is 3.38. The van der Waals surface area contributed by atoms with Crippen LogP contribution in [0, 0.1) is 6.92 Å². The van der Waals surface area contributed by atoms with E-state index in [-0.39, 0.29) is 0 Å². The zero-order valence-electron chi connectivity index (χ0n) is 11.8. The van der Waals surface area contributed by atoms with E-state index in [4.69, 9.17) is 0 Å². The van der Waals surface area contributed by atoms with Crippen molar-refractivity contribution in [3.05, 3.63) is 45.2 Å². The van der Waals surface area contributed by atoms with Crippen LogP contribution < -0.4 is 10.0 Å². The number of hydrogen-bond donors (Lipinski definition) is 2. The maximum atomic E-state index is 12.4. The van der Waals surface area contributed by atoms with Crippen LogP contribution in [0.25, 0.3) is 0 Å². The Balaban J connectivity index is 2.19. The molecule has 0 spiro atoms. The van der Waals surface area contributed by atoms with Gasteiger partial charge in [0.25, 0.3) is 10.0 Å². The van der Waals surface area contributed by atoms with Gasteiger partial charge >= 0.3 is 0 Å². The van der Waals surface area contributed by atoms with E-state index >= 15 is 0 Å². The fourth-order valence-electron chi connectivity index (χ4n) is 1.82. The second-order valence-electron chi connectivity index (χ2n) is 4.64. The molecule has 1 aromatic heterocycles. The van der Waals surface area contributed by atoms with Crippen molar-refractivity contribution in [1.82, 2.24) is 5.32 Å². The summed E-state index contributed by atoms with van der Waals surface area (Å²) in [6, 6.07) is 8.98. The lowest BCUT2D eigenvalue weighted by molar-refractivity contribution is 0.603. The van der Waals surface area contributed by atoms with Gasteiger partial charge in [-0.1, -0.05) is 15.9 Å². The standard InChI is InChI=1S/C14H17BrN2O2S2/c1-10-9-11(15)3-5-13(10)17-21(18,19)14-6-4-12(20-14)7-8-16-2/h3-6,9,16-17H,7-8H2,1-2H3. The third-order valence-electron chi connectivity index (χ3n) is 2.96. The van der Waals surface area contributed by atoms with Crippen LogP contribution in [0.4, 0.5) is 5.69 Å². The first-order valence-corrected chi connectivity index (χ1v) is 9.54. The third-order valence-corrected chi connectivity index (χ3v) is 6.45. The van der Waals surface area contributed by atoms with Gasteiger partial charge in [0.2, 0.25) is 0 Å².